The van der Waals surface area contributed by atoms with Gasteiger partial charge in [0, 0.05) is 6.54 Å². The van der Waals surface area contributed by atoms with Gasteiger partial charge in [0.15, 0.2) is 0 Å². The largest absolute Gasteiger partial charge is 0.507 e. The van der Waals surface area contributed by atoms with Crippen molar-refractivity contribution in [1.29, 1.82) is 0 Å². The summed E-state index contributed by atoms with van der Waals surface area (Å²) >= 11 is 0. The Morgan fingerprint density at radius 3 is 2.50 bits per heavy atom. The van der Waals surface area contributed by atoms with Crippen molar-refractivity contribution in [2.45, 2.75) is 26.0 Å². The van der Waals surface area contributed by atoms with E-state index in [4.69, 9.17) is 9.47 Å². The number of methoxy groups -OCH3 is 1. The van der Waals surface area contributed by atoms with Crippen molar-refractivity contribution < 1.29 is 28.6 Å². The Morgan fingerprint density at radius 2 is 1.87 bits per heavy atom. The molecule has 1 amide bonds. The number of rotatable bonds is 7. The van der Waals surface area contributed by atoms with Gasteiger partial charge in [-0.2, -0.15) is 0 Å². The van der Waals surface area contributed by atoms with E-state index < -0.39 is 29.3 Å². The summed E-state index contributed by atoms with van der Waals surface area (Å²) in [5, 5.41) is 11.0. The van der Waals surface area contributed by atoms with Crippen LogP contribution in [0.25, 0.3) is 5.76 Å². The summed E-state index contributed by atoms with van der Waals surface area (Å²) < 4.78 is 24.6. The van der Waals surface area contributed by atoms with Gasteiger partial charge in [-0.25, -0.2) is 4.39 Å². The third kappa shape index (κ3) is 4.21. The normalized spacial score (nSPS) is 18.3. The Morgan fingerprint density at radius 1 is 1.17 bits per heavy atom. The molecule has 7 heteroatoms. The molecule has 0 spiro atoms. The van der Waals surface area contributed by atoms with Crippen molar-refractivity contribution in [2.75, 3.05) is 20.3 Å². The number of ketones is 1. The maximum Gasteiger partial charge on any atom is 0.295 e. The maximum absolute atomic E-state index is 13.9. The molecule has 1 fully saturated rings. The lowest BCUT2D eigenvalue weighted by Crippen LogP contribution is -2.33. The first-order chi connectivity index (χ1) is 14.3. The molecule has 2 aromatic carbocycles. The lowest BCUT2D eigenvalue weighted by atomic mass is 9.95. The van der Waals surface area contributed by atoms with Crippen molar-refractivity contribution in [3.63, 3.8) is 0 Å². The van der Waals surface area contributed by atoms with Crippen LogP contribution >= 0.6 is 0 Å². The number of Topliss-reactive ketones (excluding diaryl/α,β-unsaturated/α-hetero) is 1. The molecule has 1 saturated heterocycles. The maximum atomic E-state index is 13.9. The van der Waals surface area contributed by atoms with Crippen LogP contribution in [0.3, 0.4) is 0 Å². The molecule has 6 nitrogen and oxygen atoms in total. The second kappa shape index (κ2) is 9.09. The Labute approximate surface area is 174 Å². The summed E-state index contributed by atoms with van der Waals surface area (Å²) in [6.45, 7) is 4.15. The summed E-state index contributed by atoms with van der Waals surface area (Å²) in [5.74, 6) is -2.47. The van der Waals surface area contributed by atoms with E-state index in [0.29, 0.717) is 5.56 Å². The fraction of sp³-hybridized carbons (Fsp3) is 0.304. The molecule has 0 bridgehead atoms. The number of carbonyl (C=O) groups is 2. The summed E-state index contributed by atoms with van der Waals surface area (Å²) in [4.78, 5) is 27.1. The van der Waals surface area contributed by atoms with Gasteiger partial charge in [-0.15, -0.1) is 0 Å². The number of hydrogen-bond donors (Lipinski definition) is 1. The summed E-state index contributed by atoms with van der Waals surface area (Å²) in [6.07, 6.45) is -0.0337. The van der Waals surface area contributed by atoms with Crippen LogP contribution in [0.15, 0.2) is 54.1 Å². The van der Waals surface area contributed by atoms with Gasteiger partial charge in [0.05, 0.1) is 37.0 Å². The van der Waals surface area contributed by atoms with E-state index in [1.807, 2.05) is 19.9 Å². The van der Waals surface area contributed by atoms with Gasteiger partial charge in [-0.05, 0) is 37.6 Å². The molecule has 0 saturated carbocycles. The first-order valence-corrected chi connectivity index (χ1v) is 9.64. The number of nitrogens with zero attached hydrogens (tertiary/aromatic N) is 1. The first-order valence-electron chi connectivity index (χ1n) is 9.64. The van der Waals surface area contributed by atoms with Gasteiger partial charge >= 0.3 is 0 Å². The SMILES string of the molecule is COc1ccc(F)cc1/C(O)=C1\C(=O)C(=O)N(CCOC(C)C)C1c1ccccc1. The average Bonchev–Trinajstić information content (AvgIpc) is 2.98. The van der Waals surface area contributed by atoms with Crippen molar-refractivity contribution in [3.8, 4) is 5.75 Å². The van der Waals surface area contributed by atoms with E-state index in [2.05, 4.69) is 0 Å². The zero-order chi connectivity index (χ0) is 21.8. The van der Waals surface area contributed by atoms with E-state index in [1.54, 1.807) is 24.3 Å². The number of hydrogen-bond acceptors (Lipinski definition) is 5. The highest BCUT2D eigenvalue weighted by atomic mass is 19.1. The fourth-order valence-electron chi connectivity index (χ4n) is 3.49. The van der Waals surface area contributed by atoms with Crippen LogP contribution in [0.5, 0.6) is 5.75 Å². The van der Waals surface area contributed by atoms with Gasteiger partial charge in [-0.3, -0.25) is 9.59 Å². The highest BCUT2D eigenvalue weighted by Gasteiger charge is 2.46. The fourth-order valence-corrected chi connectivity index (χ4v) is 3.49. The monoisotopic (exact) mass is 413 g/mol. The minimum atomic E-state index is -0.836. The van der Waals surface area contributed by atoms with Crippen molar-refractivity contribution in [3.05, 3.63) is 71.0 Å². The molecular formula is C23H24FNO5. The summed E-state index contributed by atoms with van der Waals surface area (Å²) in [5.41, 5.74) is 0.549. The summed E-state index contributed by atoms with van der Waals surface area (Å²) in [7, 11) is 1.38. The van der Waals surface area contributed by atoms with Crippen LogP contribution in [0.4, 0.5) is 4.39 Å². The lowest BCUT2D eigenvalue weighted by molar-refractivity contribution is -0.140. The molecule has 0 radical (unpaired) electrons. The molecule has 3 rings (SSSR count). The minimum absolute atomic E-state index is 0.00913. The number of benzene rings is 2. The van der Waals surface area contributed by atoms with Crippen molar-refractivity contribution in [1.82, 2.24) is 4.90 Å². The third-order valence-corrected chi connectivity index (χ3v) is 4.86. The Kier molecular flexibility index (Phi) is 6.52. The van der Waals surface area contributed by atoms with Crippen LogP contribution in [-0.4, -0.2) is 48.1 Å². The number of likely N-dealkylation sites (tertiary alicyclic amines) is 1. The predicted molar refractivity (Wildman–Crippen MR) is 109 cm³/mol. The molecule has 1 atom stereocenters. The number of carbonyl (C=O) groups excluding carboxylic acids is 2. The number of ether oxygens (including phenoxy) is 2. The molecular weight excluding hydrogens is 389 g/mol. The minimum Gasteiger partial charge on any atom is -0.507 e. The highest BCUT2D eigenvalue weighted by Crippen LogP contribution is 2.40. The van der Waals surface area contributed by atoms with Gasteiger partial charge in [0.2, 0.25) is 0 Å². The van der Waals surface area contributed by atoms with Crippen molar-refractivity contribution >= 4 is 17.4 Å². The Hall–Kier alpha value is -3.19. The van der Waals surface area contributed by atoms with Crippen LogP contribution in [-0.2, 0) is 14.3 Å². The standard InChI is InChI=1S/C23H24FNO5/c1-14(2)30-12-11-25-20(15-7-5-4-6-8-15)19(22(27)23(25)28)21(26)17-13-16(24)9-10-18(17)29-3/h4-10,13-14,20,26H,11-12H2,1-3H3/b21-19+. The average molecular weight is 413 g/mol. The van der Waals surface area contributed by atoms with E-state index in [1.165, 1.54) is 24.1 Å². The molecule has 158 valence electrons. The van der Waals surface area contributed by atoms with Crippen LogP contribution in [0, 0.1) is 5.82 Å². The van der Waals surface area contributed by atoms with Crippen molar-refractivity contribution in [2.24, 2.45) is 0 Å². The predicted octanol–water partition coefficient (Wildman–Crippen LogP) is 3.68. The number of aliphatic hydroxyl groups is 1. The van der Waals surface area contributed by atoms with E-state index in [-0.39, 0.29) is 36.1 Å². The smallest absolute Gasteiger partial charge is 0.295 e. The van der Waals surface area contributed by atoms with Gasteiger partial charge in [-0.1, -0.05) is 30.3 Å². The molecule has 1 unspecified atom stereocenters. The number of amides is 1. The van der Waals surface area contributed by atoms with Gasteiger partial charge < -0.3 is 19.5 Å². The molecule has 1 aliphatic rings. The van der Waals surface area contributed by atoms with Crippen LogP contribution < -0.4 is 4.74 Å². The van der Waals surface area contributed by atoms with Gasteiger partial charge in [0.1, 0.15) is 17.3 Å². The number of halogens is 1. The Balaban J connectivity index is 2.13. The molecule has 2 aromatic rings. The molecule has 30 heavy (non-hydrogen) atoms. The zero-order valence-electron chi connectivity index (χ0n) is 17.1. The molecule has 1 aliphatic heterocycles. The molecule has 1 heterocycles. The third-order valence-electron chi connectivity index (χ3n) is 4.86. The quantitative estimate of drug-likeness (QED) is 0.426. The molecule has 0 aliphatic carbocycles. The number of aliphatic hydroxyl groups excluding tert-OH is 1. The molecule has 1 N–H and O–H groups in total. The topological polar surface area (TPSA) is 76.1 Å². The van der Waals surface area contributed by atoms with Gasteiger partial charge in [0.25, 0.3) is 11.7 Å². The van der Waals surface area contributed by atoms with E-state index in [9.17, 15) is 19.1 Å². The van der Waals surface area contributed by atoms with Crippen LogP contribution in [0.1, 0.15) is 31.0 Å². The summed E-state index contributed by atoms with van der Waals surface area (Å²) in [6, 6.07) is 11.7. The second-order valence-electron chi connectivity index (χ2n) is 7.17. The highest BCUT2D eigenvalue weighted by molar-refractivity contribution is 6.46. The zero-order valence-corrected chi connectivity index (χ0v) is 17.1. The first kappa shape index (κ1) is 21.5. The van der Waals surface area contributed by atoms with Crippen LogP contribution in [0.2, 0.25) is 0 Å². The Bertz CT molecular complexity index is 971. The van der Waals surface area contributed by atoms with E-state index >= 15 is 0 Å². The molecule has 0 aromatic heterocycles. The lowest BCUT2D eigenvalue weighted by Gasteiger charge is -2.25. The van der Waals surface area contributed by atoms with E-state index in [0.717, 1.165) is 6.07 Å². The second-order valence-corrected chi connectivity index (χ2v) is 7.17.